The van der Waals surface area contributed by atoms with E-state index in [2.05, 4.69) is 15.5 Å². The Balaban J connectivity index is 1.29. The van der Waals surface area contributed by atoms with E-state index in [9.17, 15) is 4.79 Å². The van der Waals surface area contributed by atoms with Crippen molar-refractivity contribution in [3.8, 4) is 28.7 Å². The number of hydrogen-bond acceptors (Lipinski definition) is 7. The molecule has 4 aromatic rings. The fourth-order valence-corrected chi connectivity index (χ4v) is 3.52. The van der Waals surface area contributed by atoms with Gasteiger partial charge >= 0.3 is 0 Å². The summed E-state index contributed by atoms with van der Waals surface area (Å²) in [6, 6.07) is 16.1. The number of benzene rings is 3. The maximum atomic E-state index is 12.7. The Morgan fingerprint density at radius 3 is 2.55 bits per heavy atom. The van der Waals surface area contributed by atoms with E-state index in [0.29, 0.717) is 46.7 Å². The van der Waals surface area contributed by atoms with Gasteiger partial charge in [0.25, 0.3) is 5.91 Å². The van der Waals surface area contributed by atoms with Crippen molar-refractivity contribution in [3.63, 3.8) is 0 Å². The van der Waals surface area contributed by atoms with Crippen molar-refractivity contribution >= 4 is 22.6 Å². The fraction of sp³-hybridized carbons (Fsp3) is 0.167. The fourth-order valence-electron chi connectivity index (χ4n) is 3.52. The molecule has 0 saturated carbocycles. The first-order chi connectivity index (χ1) is 16.1. The van der Waals surface area contributed by atoms with Gasteiger partial charge in [-0.15, -0.1) is 0 Å². The Hall–Kier alpha value is -4.40. The summed E-state index contributed by atoms with van der Waals surface area (Å²) in [6.45, 7) is 0.487. The second-order valence-electron chi connectivity index (χ2n) is 7.31. The first-order valence-corrected chi connectivity index (χ1v) is 10.2. The predicted molar refractivity (Wildman–Crippen MR) is 120 cm³/mol. The smallest absolute Gasteiger partial charge is 0.257 e. The van der Waals surface area contributed by atoms with E-state index in [-0.39, 0.29) is 12.7 Å². The molecule has 0 radical (unpaired) electrons. The molecule has 3 aromatic carbocycles. The lowest BCUT2D eigenvalue weighted by molar-refractivity contribution is 0.102. The monoisotopic (exact) mass is 447 g/mol. The summed E-state index contributed by atoms with van der Waals surface area (Å²) in [5.74, 6) is 3.34. The minimum Gasteiger partial charge on any atom is -0.497 e. The summed E-state index contributed by atoms with van der Waals surface area (Å²) < 4.78 is 27.1. The van der Waals surface area contributed by atoms with E-state index in [1.807, 2.05) is 30.3 Å². The summed E-state index contributed by atoms with van der Waals surface area (Å²) in [5, 5.41) is 10.8. The molecule has 0 fully saturated rings. The van der Waals surface area contributed by atoms with Gasteiger partial charge in [0.2, 0.25) is 6.79 Å². The van der Waals surface area contributed by atoms with Gasteiger partial charge in [0.05, 0.1) is 19.7 Å². The molecule has 0 aliphatic carbocycles. The van der Waals surface area contributed by atoms with Crippen LogP contribution in [0.2, 0.25) is 0 Å². The van der Waals surface area contributed by atoms with E-state index >= 15 is 0 Å². The molecule has 0 spiro atoms. The SMILES string of the molecule is COc1cc(COc2ccc3c(NC(=O)c4ccc5c(c4)OCO5)n[nH]c3c2)cc(OC)c1. The molecular weight excluding hydrogens is 426 g/mol. The zero-order chi connectivity index (χ0) is 22.8. The molecule has 0 bridgehead atoms. The van der Waals surface area contributed by atoms with Crippen LogP contribution in [0, 0.1) is 0 Å². The van der Waals surface area contributed by atoms with Gasteiger partial charge in [-0.05, 0) is 48.0 Å². The van der Waals surface area contributed by atoms with Crippen LogP contribution < -0.4 is 29.0 Å². The minimum absolute atomic E-state index is 0.153. The van der Waals surface area contributed by atoms with Gasteiger partial charge in [0.1, 0.15) is 23.9 Å². The number of rotatable bonds is 7. The van der Waals surface area contributed by atoms with Crippen molar-refractivity contribution in [3.05, 3.63) is 65.7 Å². The van der Waals surface area contributed by atoms with Gasteiger partial charge in [-0.25, -0.2) is 0 Å². The maximum Gasteiger partial charge on any atom is 0.257 e. The van der Waals surface area contributed by atoms with Gasteiger partial charge in [0.15, 0.2) is 17.3 Å². The van der Waals surface area contributed by atoms with Gasteiger partial charge < -0.3 is 29.0 Å². The lowest BCUT2D eigenvalue weighted by atomic mass is 10.2. The Kier molecular flexibility index (Phi) is 5.35. The van der Waals surface area contributed by atoms with Crippen molar-refractivity contribution in [2.45, 2.75) is 6.61 Å². The number of nitrogens with one attached hydrogen (secondary N) is 2. The molecule has 0 saturated heterocycles. The highest BCUT2D eigenvalue weighted by Gasteiger charge is 2.18. The first kappa shape index (κ1) is 20.5. The third kappa shape index (κ3) is 4.20. The number of methoxy groups -OCH3 is 2. The highest BCUT2D eigenvalue weighted by atomic mass is 16.7. The lowest BCUT2D eigenvalue weighted by Gasteiger charge is -2.10. The topological polar surface area (TPSA) is 104 Å². The van der Waals surface area contributed by atoms with Crippen LogP contribution in [-0.2, 0) is 6.61 Å². The summed E-state index contributed by atoms with van der Waals surface area (Å²) >= 11 is 0. The van der Waals surface area contributed by atoms with Crippen molar-refractivity contribution in [1.29, 1.82) is 0 Å². The van der Waals surface area contributed by atoms with Crippen LogP contribution in [0.4, 0.5) is 5.82 Å². The third-order valence-electron chi connectivity index (χ3n) is 5.22. The quantitative estimate of drug-likeness (QED) is 0.439. The van der Waals surface area contributed by atoms with Crippen molar-refractivity contribution < 1.29 is 28.5 Å². The highest BCUT2D eigenvalue weighted by molar-refractivity contribution is 6.08. The summed E-state index contributed by atoms with van der Waals surface area (Å²) in [7, 11) is 3.21. The molecular formula is C24H21N3O6. The second-order valence-corrected chi connectivity index (χ2v) is 7.31. The van der Waals surface area contributed by atoms with Crippen LogP contribution in [-0.4, -0.2) is 37.1 Å². The molecule has 1 aliphatic rings. The van der Waals surface area contributed by atoms with Crippen molar-refractivity contribution in [2.24, 2.45) is 0 Å². The summed E-state index contributed by atoms with van der Waals surface area (Å²) in [5.41, 5.74) is 2.09. The van der Waals surface area contributed by atoms with Crippen LogP contribution in [0.25, 0.3) is 10.9 Å². The van der Waals surface area contributed by atoms with E-state index in [4.69, 9.17) is 23.7 Å². The number of anilines is 1. The average molecular weight is 447 g/mol. The highest BCUT2D eigenvalue weighted by Crippen LogP contribution is 2.33. The average Bonchev–Trinajstić information content (AvgIpc) is 3.48. The zero-order valence-corrected chi connectivity index (χ0v) is 18.0. The molecule has 0 unspecified atom stereocenters. The predicted octanol–water partition coefficient (Wildman–Crippen LogP) is 4.14. The van der Waals surface area contributed by atoms with Crippen molar-refractivity contribution in [2.75, 3.05) is 26.3 Å². The van der Waals surface area contributed by atoms with E-state index in [1.54, 1.807) is 38.5 Å². The van der Waals surface area contributed by atoms with Crippen LogP contribution in [0.5, 0.6) is 28.7 Å². The van der Waals surface area contributed by atoms with Crippen molar-refractivity contribution in [1.82, 2.24) is 10.2 Å². The number of ether oxygens (including phenoxy) is 5. The third-order valence-corrected chi connectivity index (χ3v) is 5.22. The van der Waals surface area contributed by atoms with E-state index in [0.717, 1.165) is 16.5 Å². The largest absolute Gasteiger partial charge is 0.497 e. The van der Waals surface area contributed by atoms with Gasteiger partial charge in [-0.3, -0.25) is 9.89 Å². The molecule has 2 heterocycles. The Morgan fingerprint density at radius 1 is 0.970 bits per heavy atom. The van der Waals surface area contributed by atoms with Crippen LogP contribution in [0.1, 0.15) is 15.9 Å². The number of fused-ring (bicyclic) bond motifs is 2. The number of aromatic amines is 1. The summed E-state index contributed by atoms with van der Waals surface area (Å²) in [6.07, 6.45) is 0. The number of amides is 1. The number of H-pyrrole nitrogens is 1. The molecule has 1 aliphatic heterocycles. The number of aromatic nitrogens is 2. The molecule has 1 amide bonds. The van der Waals surface area contributed by atoms with Gasteiger partial charge in [-0.1, -0.05) is 0 Å². The lowest BCUT2D eigenvalue weighted by Crippen LogP contribution is -2.12. The number of carbonyl (C=O) groups is 1. The molecule has 33 heavy (non-hydrogen) atoms. The minimum atomic E-state index is -0.297. The van der Waals surface area contributed by atoms with Gasteiger partial charge in [-0.2, -0.15) is 5.10 Å². The molecule has 9 heteroatoms. The Labute approximate surface area is 189 Å². The molecule has 9 nitrogen and oxygen atoms in total. The zero-order valence-electron chi connectivity index (χ0n) is 18.0. The molecule has 5 rings (SSSR count). The molecule has 1 aromatic heterocycles. The molecule has 2 N–H and O–H groups in total. The van der Waals surface area contributed by atoms with E-state index < -0.39 is 0 Å². The molecule has 168 valence electrons. The van der Waals surface area contributed by atoms with E-state index in [1.165, 1.54) is 0 Å². The van der Waals surface area contributed by atoms with Crippen LogP contribution >= 0.6 is 0 Å². The second kappa shape index (κ2) is 8.62. The standard InChI is InChI=1S/C24H21N3O6/c1-29-17-7-14(8-18(10-17)30-2)12-31-16-4-5-19-20(11-16)26-27-23(19)25-24(28)15-3-6-21-22(9-15)33-13-32-21/h3-11H,12-13H2,1-2H3,(H2,25,26,27,28). The normalized spacial score (nSPS) is 11.9. The number of nitrogens with zero attached hydrogens (tertiary/aromatic N) is 1. The maximum absolute atomic E-state index is 12.7. The Bertz CT molecular complexity index is 1310. The van der Waals surface area contributed by atoms with Crippen LogP contribution in [0.3, 0.4) is 0 Å². The molecule has 0 atom stereocenters. The summed E-state index contributed by atoms with van der Waals surface area (Å²) in [4.78, 5) is 12.7. The first-order valence-electron chi connectivity index (χ1n) is 10.2. The number of hydrogen-bond donors (Lipinski definition) is 2. The van der Waals surface area contributed by atoms with Gasteiger partial charge in [0, 0.05) is 23.1 Å². The van der Waals surface area contributed by atoms with Crippen LogP contribution in [0.15, 0.2) is 54.6 Å². The Morgan fingerprint density at radius 2 is 1.76 bits per heavy atom. The number of carbonyl (C=O) groups excluding carboxylic acids is 1.